The van der Waals surface area contributed by atoms with Crippen LogP contribution in [0.2, 0.25) is 0 Å². The van der Waals surface area contributed by atoms with Gasteiger partial charge in [0.2, 0.25) is 0 Å². The van der Waals surface area contributed by atoms with Crippen LogP contribution < -0.4 is 0 Å². The van der Waals surface area contributed by atoms with Gasteiger partial charge in [0.15, 0.2) is 0 Å². The number of aromatic nitrogens is 1. The van der Waals surface area contributed by atoms with E-state index in [1.807, 2.05) is 22.3 Å². The zero-order chi connectivity index (χ0) is 16.4. The van der Waals surface area contributed by atoms with Crippen LogP contribution in [0.4, 0.5) is 4.39 Å². The topological polar surface area (TPSA) is 12.9 Å². The van der Waals surface area contributed by atoms with Crippen molar-refractivity contribution in [3.63, 3.8) is 0 Å². The predicted molar refractivity (Wildman–Crippen MR) is 104 cm³/mol. The first-order valence-corrected chi connectivity index (χ1v) is 8.81. The minimum absolute atomic E-state index is 0.232. The smallest absolute Gasteiger partial charge is 0.123 e. The molecule has 0 aliphatic carbocycles. The van der Waals surface area contributed by atoms with Gasteiger partial charge in [0.1, 0.15) is 5.82 Å². The second kappa shape index (κ2) is 6.79. The summed E-state index contributed by atoms with van der Waals surface area (Å²) in [6.45, 7) is 4.39. The molecular weight excluding hydrogens is 400 g/mol. The zero-order valence-corrected chi connectivity index (χ0v) is 15.2. The van der Waals surface area contributed by atoms with E-state index < -0.39 is 0 Å². The minimum Gasteiger partial charge on any atom is -0.247 e. The molecule has 0 radical (unpaired) electrons. The van der Waals surface area contributed by atoms with Crippen LogP contribution in [0, 0.1) is 5.82 Å². The van der Waals surface area contributed by atoms with Crippen LogP contribution in [-0.2, 0) is 0 Å². The average Bonchev–Trinajstić information content (AvgIpc) is 2.55. The zero-order valence-electron chi connectivity index (χ0n) is 13.1. The molecule has 0 fully saturated rings. The van der Waals surface area contributed by atoms with Crippen molar-refractivity contribution in [1.82, 2.24) is 4.98 Å². The van der Waals surface area contributed by atoms with Gasteiger partial charge in [0.25, 0.3) is 0 Å². The van der Waals surface area contributed by atoms with Gasteiger partial charge in [-0.15, -0.1) is 0 Å². The Balaban J connectivity index is 2.40. The minimum atomic E-state index is -0.232. The third-order valence-electron chi connectivity index (χ3n) is 3.90. The summed E-state index contributed by atoms with van der Waals surface area (Å²) in [6, 6.07) is 14.8. The van der Waals surface area contributed by atoms with Crippen molar-refractivity contribution in [3.8, 4) is 11.3 Å². The molecule has 3 aromatic rings. The Bertz CT molecular complexity index is 867. The van der Waals surface area contributed by atoms with E-state index in [4.69, 9.17) is 4.98 Å². The van der Waals surface area contributed by atoms with E-state index in [0.29, 0.717) is 5.92 Å². The number of nitrogens with zero attached hydrogens (tertiary/aromatic N) is 1. The molecule has 116 valence electrons. The highest BCUT2D eigenvalue weighted by Crippen LogP contribution is 2.35. The normalized spacial score (nSPS) is 11.7. The Morgan fingerprint density at radius 3 is 2.39 bits per heavy atom. The molecule has 23 heavy (non-hydrogen) atoms. The number of pyridine rings is 1. The number of para-hydroxylation sites is 1. The van der Waals surface area contributed by atoms with E-state index in [2.05, 4.69) is 48.6 Å². The predicted octanol–water partition coefficient (Wildman–Crippen LogP) is 6.57. The van der Waals surface area contributed by atoms with Crippen molar-refractivity contribution in [2.45, 2.75) is 19.8 Å². The lowest BCUT2D eigenvalue weighted by atomic mass is 9.90. The molecule has 1 heterocycles. The first-order valence-electron chi connectivity index (χ1n) is 7.57. The number of hydrogen-bond donors (Lipinski definition) is 0. The summed E-state index contributed by atoms with van der Waals surface area (Å²) in [5.41, 5.74) is 5.20. The number of benzene rings is 2. The van der Waals surface area contributed by atoms with E-state index in [-0.39, 0.29) is 5.82 Å². The van der Waals surface area contributed by atoms with E-state index in [9.17, 15) is 4.39 Å². The highest BCUT2D eigenvalue weighted by atomic mass is 127. The number of hydrogen-bond acceptors (Lipinski definition) is 1. The molecule has 0 aliphatic rings. The van der Waals surface area contributed by atoms with Gasteiger partial charge in [-0.1, -0.05) is 54.6 Å². The van der Waals surface area contributed by atoms with E-state index in [1.54, 1.807) is 12.1 Å². The second-order valence-corrected chi connectivity index (χ2v) is 6.48. The fourth-order valence-corrected chi connectivity index (χ4v) is 3.29. The molecule has 2 aromatic carbocycles. The van der Waals surface area contributed by atoms with Crippen LogP contribution in [0.5, 0.6) is 0 Å². The van der Waals surface area contributed by atoms with Crippen molar-refractivity contribution in [3.05, 3.63) is 69.6 Å². The first kappa shape index (κ1) is 16.1. The molecule has 0 spiro atoms. The van der Waals surface area contributed by atoms with Crippen molar-refractivity contribution in [2.75, 3.05) is 0 Å². The molecule has 1 aromatic heterocycles. The molecule has 3 heteroatoms. The van der Waals surface area contributed by atoms with Gasteiger partial charge in [-0.25, -0.2) is 9.37 Å². The van der Waals surface area contributed by atoms with Gasteiger partial charge in [-0.05, 0) is 52.0 Å². The van der Waals surface area contributed by atoms with Crippen molar-refractivity contribution >= 4 is 39.6 Å². The third-order valence-corrected chi connectivity index (χ3v) is 4.26. The summed E-state index contributed by atoms with van der Waals surface area (Å²) in [6.07, 6.45) is 2.09. The Labute approximate surface area is 149 Å². The molecule has 1 nitrogen and oxygen atoms in total. The highest BCUT2D eigenvalue weighted by molar-refractivity contribution is 14.1. The molecule has 0 unspecified atom stereocenters. The summed E-state index contributed by atoms with van der Waals surface area (Å²) in [7, 11) is 0. The van der Waals surface area contributed by atoms with Gasteiger partial charge in [0.05, 0.1) is 11.2 Å². The maximum Gasteiger partial charge on any atom is 0.123 e. The van der Waals surface area contributed by atoms with Crippen molar-refractivity contribution in [1.29, 1.82) is 0 Å². The van der Waals surface area contributed by atoms with Crippen molar-refractivity contribution < 1.29 is 4.39 Å². The maximum atomic E-state index is 13.3. The Morgan fingerprint density at radius 1 is 1.04 bits per heavy atom. The van der Waals surface area contributed by atoms with Gasteiger partial charge in [0, 0.05) is 16.5 Å². The van der Waals surface area contributed by atoms with Crippen LogP contribution in [0.15, 0.2) is 52.6 Å². The number of fused-ring (bicyclic) bond motifs is 1. The number of halogens is 2. The monoisotopic (exact) mass is 417 g/mol. The van der Waals surface area contributed by atoms with Gasteiger partial charge < -0.3 is 0 Å². The van der Waals surface area contributed by atoms with E-state index in [0.717, 1.165) is 22.3 Å². The molecule has 0 aliphatic heterocycles. The summed E-state index contributed by atoms with van der Waals surface area (Å²) in [5, 5.41) is 1.18. The van der Waals surface area contributed by atoms with E-state index in [1.165, 1.54) is 23.1 Å². The average molecular weight is 417 g/mol. The highest BCUT2D eigenvalue weighted by Gasteiger charge is 2.16. The van der Waals surface area contributed by atoms with Crippen LogP contribution >= 0.6 is 22.6 Å². The largest absolute Gasteiger partial charge is 0.247 e. The fourth-order valence-electron chi connectivity index (χ4n) is 2.93. The molecule has 3 rings (SSSR count). The molecule has 0 N–H and O–H groups in total. The Kier molecular flexibility index (Phi) is 4.76. The SMILES string of the molecule is CC(C)c1c(/C=C/I)c(-c2ccc(F)cc2)nc2ccccc12. The van der Waals surface area contributed by atoms with Crippen molar-refractivity contribution in [2.24, 2.45) is 0 Å². The fraction of sp³-hybridized carbons (Fsp3) is 0.150. The summed E-state index contributed by atoms with van der Waals surface area (Å²) >= 11 is 2.23. The Hall–Kier alpha value is -1.75. The lowest BCUT2D eigenvalue weighted by molar-refractivity contribution is 0.628. The lowest BCUT2D eigenvalue weighted by Crippen LogP contribution is -2.00. The Morgan fingerprint density at radius 2 is 1.74 bits per heavy atom. The van der Waals surface area contributed by atoms with Gasteiger partial charge >= 0.3 is 0 Å². The second-order valence-electron chi connectivity index (χ2n) is 5.76. The molecule has 0 bridgehead atoms. The molecule has 0 saturated carbocycles. The molecule has 0 atom stereocenters. The van der Waals surface area contributed by atoms with Crippen LogP contribution in [0.1, 0.15) is 30.9 Å². The van der Waals surface area contributed by atoms with Crippen LogP contribution in [0.25, 0.3) is 28.2 Å². The quantitative estimate of drug-likeness (QED) is 0.440. The van der Waals surface area contributed by atoms with E-state index >= 15 is 0 Å². The summed E-state index contributed by atoms with van der Waals surface area (Å²) < 4.78 is 15.3. The molecule has 0 amide bonds. The van der Waals surface area contributed by atoms with Crippen LogP contribution in [-0.4, -0.2) is 4.98 Å². The van der Waals surface area contributed by atoms with Gasteiger partial charge in [-0.2, -0.15) is 0 Å². The number of rotatable bonds is 3. The first-order chi connectivity index (χ1) is 11.1. The van der Waals surface area contributed by atoms with Gasteiger partial charge in [-0.3, -0.25) is 0 Å². The summed E-state index contributed by atoms with van der Waals surface area (Å²) in [4.78, 5) is 4.86. The maximum absolute atomic E-state index is 13.3. The lowest BCUT2D eigenvalue weighted by Gasteiger charge is -2.18. The van der Waals surface area contributed by atoms with Crippen LogP contribution in [0.3, 0.4) is 0 Å². The molecular formula is C20H17FIN. The molecule has 0 saturated heterocycles. The standard InChI is InChI=1S/C20H17FIN/c1-13(2)19-16-5-3-4-6-18(16)23-20(17(19)11-12-22)14-7-9-15(21)10-8-14/h3-13H,1-2H3/b12-11+. The summed E-state index contributed by atoms with van der Waals surface area (Å²) in [5.74, 6) is 0.134. The third kappa shape index (κ3) is 3.15.